The van der Waals surface area contributed by atoms with E-state index in [1.807, 2.05) is 5.38 Å². The predicted octanol–water partition coefficient (Wildman–Crippen LogP) is 1.29. The highest BCUT2D eigenvalue weighted by Crippen LogP contribution is 2.30. The molecule has 1 aliphatic carbocycles. The molecule has 110 valence electrons. The molecule has 1 saturated carbocycles. The van der Waals surface area contributed by atoms with Gasteiger partial charge in [0.05, 0.1) is 5.60 Å². The van der Waals surface area contributed by atoms with Gasteiger partial charge in [0.25, 0.3) is 5.91 Å². The van der Waals surface area contributed by atoms with E-state index in [1.54, 1.807) is 11.4 Å². The molecular weight excluding hydrogens is 276 g/mol. The van der Waals surface area contributed by atoms with E-state index < -0.39 is 5.60 Å². The van der Waals surface area contributed by atoms with Crippen molar-refractivity contribution in [1.29, 1.82) is 0 Å². The molecule has 0 aliphatic heterocycles. The first-order valence-corrected chi connectivity index (χ1v) is 7.83. The van der Waals surface area contributed by atoms with Gasteiger partial charge in [0.2, 0.25) is 5.91 Å². The van der Waals surface area contributed by atoms with Crippen molar-refractivity contribution < 1.29 is 14.7 Å². The number of aliphatic hydroxyl groups is 1. The molecule has 0 unspecified atom stereocenters. The summed E-state index contributed by atoms with van der Waals surface area (Å²) in [6.45, 7) is 0.819. The van der Waals surface area contributed by atoms with E-state index >= 15 is 0 Å². The van der Waals surface area contributed by atoms with E-state index in [0.29, 0.717) is 31.5 Å². The lowest BCUT2D eigenvalue weighted by atomic mass is 9.80. The maximum Gasteiger partial charge on any atom is 0.252 e. The number of hydrogen-bond donors (Lipinski definition) is 3. The fourth-order valence-electron chi connectivity index (χ4n) is 2.06. The summed E-state index contributed by atoms with van der Waals surface area (Å²) in [5, 5.41) is 19.0. The Morgan fingerprint density at radius 2 is 2.15 bits per heavy atom. The second kappa shape index (κ2) is 6.85. The summed E-state index contributed by atoms with van der Waals surface area (Å²) in [6.07, 6.45) is 3.52. The van der Waals surface area contributed by atoms with Gasteiger partial charge >= 0.3 is 0 Å². The third-order valence-electron chi connectivity index (χ3n) is 3.55. The van der Waals surface area contributed by atoms with Gasteiger partial charge < -0.3 is 15.7 Å². The summed E-state index contributed by atoms with van der Waals surface area (Å²) in [6, 6.07) is 1.77. The molecule has 0 radical (unpaired) electrons. The van der Waals surface area contributed by atoms with Crippen LogP contribution in [-0.4, -0.2) is 35.6 Å². The zero-order valence-electron chi connectivity index (χ0n) is 11.4. The minimum absolute atomic E-state index is 0.0740. The van der Waals surface area contributed by atoms with Crippen LogP contribution < -0.4 is 10.6 Å². The van der Waals surface area contributed by atoms with Crippen LogP contribution in [0.15, 0.2) is 16.8 Å². The maximum absolute atomic E-state index is 11.6. The van der Waals surface area contributed by atoms with Crippen LogP contribution >= 0.6 is 11.3 Å². The zero-order chi connectivity index (χ0) is 14.4. The lowest BCUT2D eigenvalue weighted by Gasteiger charge is -2.36. The highest BCUT2D eigenvalue weighted by molar-refractivity contribution is 7.08. The summed E-state index contributed by atoms with van der Waals surface area (Å²) in [4.78, 5) is 23.2. The standard InChI is InChI=1S/C14H20N2O3S/c17-12(16-10-14(19)5-2-6-14)3-1-7-15-13(18)11-4-8-20-9-11/h4,8-9,19H,1-3,5-7,10H2,(H,15,18)(H,16,17). The number of hydrogen-bond acceptors (Lipinski definition) is 4. The second-order valence-corrected chi connectivity index (χ2v) is 6.01. The third kappa shape index (κ3) is 4.31. The molecule has 1 heterocycles. The van der Waals surface area contributed by atoms with E-state index in [1.165, 1.54) is 11.3 Å². The Morgan fingerprint density at radius 1 is 1.35 bits per heavy atom. The molecule has 1 aliphatic rings. The fourth-order valence-corrected chi connectivity index (χ4v) is 2.70. The fraction of sp³-hybridized carbons (Fsp3) is 0.571. The van der Waals surface area contributed by atoms with Crippen LogP contribution in [0.25, 0.3) is 0 Å². The Hall–Kier alpha value is -1.40. The van der Waals surface area contributed by atoms with Crippen molar-refractivity contribution in [1.82, 2.24) is 10.6 Å². The lowest BCUT2D eigenvalue weighted by Crippen LogP contribution is -2.47. The Labute approximate surface area is 122 Å². The van der Waals surface area contributed by atoms with Crippen molar-refractivity contribution in [2.75, 3.05) is 13.1 Å². The first-order chi connectivity index (χ1) is 9.59. The molecule has 0 spiro atoms. The molecule has 6 heteroatoms. The topological polar surface area (TPSA) is 78.4 Å². The first-order valence-electron chi connectivity index (χ1n) is 6.89. The van der Waals surface area contributed by atoms with Crippen LogP contribution in [0.3, 0.4) is 0 Å². The summed E-state index contributed by atoms with van der Waals surface area (Å²) in [5.74, 6) is -0.175. The van der Waals surface area contributed by atoms with Gasteiger partial charge in [-0.3, -0.25) is 9.59 Å². The summed E-state index contributed by atoms with van der Waals surface area (Å²) >= 11 is 1.48. The summed E-state index contributed by atoms with van der Waals surface area (Å²) < 4.78 is 0. The van der Waals surface area contributed by atoms with Gasteiger partial charge in [0.1, 0.15) is 0 Å². The van der Waals surface area contributed by atoms with Crippen molar-refractivity contribution in [3.05, 3.63) is 22.4 Å². The molecular formula is C14H20N2O3S. The minimum atomic E-state index is -0.678. The van der Waals surface area contributed by atoms with Crippen LogP contribution in [0.2, 0.25) is 0 Å². The highest BCUT2D eigenvalue weighted by atomic mass is 32.1. The lowest BCUT2D eigenvalue weighted by molar-refractivity contribution is -0.123. The van der Waals surface area contributed by atoms with Crippen molar-refractivity contribution in [3.63, 3.8) is 0 Å². The van der Waals surface area contributed by atoms with E-state index in [0.717, 1.165) is 19.3 Å². The predicted molar refractivity (Wildman–Crippen MR) is 77.7 cm³/mol. The highest BCUT2D eigenvalue weighted by Gasteiger charge is 2.34. The number of amides is 2. The van der Waals surface area contributed by atoms with Gasteiger partial charge in [-0.1, -0.05) is 0 Å². The van der Waals surface area contributed by atoms with E-state index in [-0.39, 0.29) is 11.8 Å². The van der Waals surface area contributed by atoms with Crippen LogP contribution in [0.4, 0.5) is 0 Å². The van der Waals surface area contributed by atoms with E-state index in [9.17, 15) is 14.7 Å². The molecule has 1 aromatic heterocycles. The number of thiophene rings is 1. The van der Waals surface area contributed by atoms with Gasteiger partial charge in [0, 0.05) is 30.5 Å². The molecule has 0 bridgehead atoms. The average Bonchev–Trinajstić information content (AvgIpc) is 2.93. The molecule has 2 amide bonds. The third-order valence-corrected chi connectivity index (χ3v) is 4.23. The van der Waals surface area contributed by atoms with Crippen LogP contribution in [0.5, 0.6) is 0 Å². The Balaban J connectivity index is 1.54. The summed E-state index contributed by atoms with van der Waals surface area (Å²) in [7, 11) is 0. The minimum Gasteiger partial charge on any atom is -0.388 e. The number of carbonyl (C=O) groups excluding carboxylic acids is 2. The first kappa shape index (κ1) is 15.0. The normalized spacial score (nSPS) is 16.2. The molecule has 1 aromatic rings. The van der Waals surface area contributed by atoms with Gasteiger partial charge in [-0.15, -0.1) is 0 Å². The van der Waals surface area contributed by atoms with Crippen molar-refractivity contribution in [2.24, 2.45) is 0 Å². The number of carbonyl (C=O) groups is 2. The molecule has 1 fully saturated rings. The second-order valence-electron chi connectivity index (χ2n) is 5.23. The quantitative estimate of drug-likeness (QED) is 0.663. The maximum atomic E-state index is 11.6. The van der Waals surface area contributed by atoms with Crippen molar-refractivity contribution in [2.45, 2.75) is 37.7 Å². The molecule has 0 aromatic carbocycles. The SMILES string of the molecule is O=C(CCCNC(=O)c1ccsc1)NCC1(O)CCC1. The molecule has 5 nitrogen and oxygen atoms in total. The molecule has 20 heavy (non-hydrogen) atoms. The Morgan fingerprint density at radius 3 is 2.75 bits per heavy atom. The van der Waals surface area contributed by atoms with E-state index in [4.69, 9.17) is 0 Å². The largest absolute Gasteiger partial charge is 0.388 e. The summed E-state index contributed by atoms with van der Waals surface area (Å²) in [5.41, 5.74) is -0.0188. The number of nitrogens with one attached hydrogen (secondary N) is 2. The Kier molecular flexibility index (Phi) is 5.14. The van der Waals surface area contributed by atoms with Crippen LogP contribution in [0, 0.1) is 0 Å². The van der Waals surface area contributed by atoms with Crippen molar-refractivity contribution in [3.8, 4) is 0 Å². The molecule has 2 rings (SSSR count). The Bertz CT molecular complexity index is 455. The van der Waals surface area contributed by atoms with Gasteiger partial charge in [-0.2, -0.15) is 11.3 Å². The molecule has 0 atom stereocenters. The number of rotatable bonds is 7. The monoisotopic (exact) mass is 296 g/mol. The average molecular weight is 296 g/mol. The van der Waals surface area contributed by atoms with Gasteiger partial charge in [0.15, 0.2) is 0 Å². The van der Waals surface area contributed by atoms with Gasteiger partial charge in [-0.05, 0) is 37.1 Å². The molecule has 3 N–H and O–H groups in total. The smallest absolute Gasteiger partial charge is 0.252 e. The van der Waals surface area contributed by atoms with E-state index in [2.05, 4.69) is 10.6 Å². The van der Waals surface area contributed by atoms with Gasteiger partial charge in [-0.25, -0.2) is 0 Å². The van der Waals surface area contributed by atoms with Crippen LogP contribution in [0.1, 0.15) is 42.5 Å². The molecule has 0 saturated heterocycles. The zero-order valence-corrected chi connectivity index (χ0v) is 12.2. The van der Waals surface area contributed by atoms with Crippen LogP contribution in [-0.2, 0) is 4.79 Å². The van der Waals surface area contributed by atoms with Crippen molar-refractivity contribution >= 4 is 23.2 Å².